The zero-order chi connectivity index (χ0) is 18.1. The predicted molar refractivity (Wildman–Crippen MR) is 94.7 cm³/mol. The van der Waals surface area contributed by atoms with E-state index in [9.17, 15) is 4.79 Å². The molecule has 0 saturated heterocycles. The Balaban J connectivity index is 1.64. The minimum Gasteiger partial charge on any atom is -0.492 e. The van der Waals surface area contributed by atoms with Gasteiger partial charge in [0.1, 0.15) is 11.8 Å². The standard InChI is InChI=1S/C20H21NO5/c1-21-8-7-13-10-17-19(26-12-25-17)20(23-2)18(13)16(21)11-14(22)5-6-15-4-3-9-24-15/h3-6,9-10,16H,7-8,11-12H2,1-2H3/p+1/b6-5+/t16-/m0/s1. The van der Waals surface area contributed by atoms with Gasteiger partial charge in [0.05, 0.1) is 38.9 Å². The molecule has 3 heterocycles. The summed E-state index contributed by atoms with van der Waals surface area (Å²) in [6, 6.07) is 5.66. The number of allylic oxidation sites excluding steroid dienone is 1. The number of carbonyl (C=O) groups excluding carboxylic acids is 1. The molecule has 1 unspecified atom stereocenters. The van der Waals surface area contributed by atoms with E-state index in [-0.39, 0.29) is 18.6 Å². The number of rotatable bonds is 5. The van der Waals surface area contributed by atoms with E-state index in [2.05, 4.69) is 7.05 Å². The number of hydrogen-bond donors (Lipinski definition) is 1. The minimum absolute atomic E-state index is 0.0111. The van der Waals surface area contributed by atoms with Gasteiger partial charge in [-0.1, -0.05) is 0 Å². The van der Waals surface area contributed by atoms with Crippen molar-refractivity contribution < 1.29 is 28.3 Å². The van der Waals surface area contributed by atoms with Crippen molar-refractivity contribution in [3.05, 3.63) is 47.4 Å². The van der Waals surface area contributed by atoms with Crippen molar-refractivity contribution in [2.24, 2.45) is 0 Å². The van der Waals surface area contributed by atoms with E-state index in [0.717, 1.165) is 24.3 Å². The van der Waals surface area contributed by atoms with Crippen LogP contribution < -0.4 is 19.1 Å². The molecule has 0 aliphatic carbocycles. The Kier molecular flexibility index (Phi) is 4.42. The number of hydrogen-bond acceptors (Lipinski definition) is 5. The first-order valence-corrected chi connectivity index (χ1v) is 8.73. The fourth-order valence-electron chi connectivity index (χ4n) is 3.73. The topological polar surface area (TPSA) is 62.3 Å². The summed E-state index contributed by atoms with van der Waals surface area (Å²) in [4.78, 5) is 13.8. The Labute approximate surface area is 151 Å². The van der Waals surface area contributed by atoms with E-state index in [0.29, 0.717) is 23.7 Å². The van der Waals surface area contributed by atoms with Gasteiger partial charge in [-0.05, 0) is 35.9 Å². The third kappa shape index (κ3) is 2.97. The molecule has 6 nitrogen and oxygen atoms in total. The van der Waals surface area contributed by atoms with Gasteiger partial charge in [-0.2, -0.15) is 0 Å². The van der Waals surface area contributed by atoms with E-state index >= 15 is 0 Å². The first-order chi connectivity index (χ1) is 12.7. The Morgan fingerprint density at radius 1 is 1.42 bits per heavy atom. The van der Waals surface area contributed by atoms with Crippen molar-refractivity contribution in [3.8, 4) is 17.2 Å². The van der Waals surface area contributed by atoms with Gasteiger partial charge >= 0.3 is 0 Å². The molecule has 2 aliphatic heterocycles. The van der Waals surface area contributed by atoms with Gasteiger partial charge in [0, 0.05) is 6.42 Å². The summed E-state index contributed by atoms with van der Waals surface area (Å²) in [5.41, 5.74) is 2.23. The highest BCUT2D eigenvalue weighted by Gasteiger charge is 2.37. The van der Waals surface area contributed by atoms with Crippen LogP contribution in [0.3, 0.4) is 0 Å². The fourth-order valence-corrected chi connectivity index (χ4v) is 3.73. The van der Waals surface area contributed by atoms with Gasteiger partial charge in [0.2, 0.25) is 12.5 Å². The molecule has 1 aromatic carbocycles. The first kappa shape index (κ1) is 16.7. The van der Waals surface area contributed by atoms with Crippen molar-refractivity contribution >= 4 is 11.9 Å². The molecule has 0 saturated carbocycles. The molecule has 2 aliphatic rings. The second-order valence-corrected chi connectivity index (χ2v) is 6.63. The molecule has 2 aromatic rings. The highest BCUT2D eigenvalue weighted by atomic mass is 16.7. The van der Waals surface area contributed by atoms with E-state index in [1.807, 2.05) is 12.1 Å². The smallest absolute Gasteiger partial charge is 0.231 e. The lowest BCUT2D eigenvalue weighted by Crippen LogP contribution is -3.10. The van der Waals surface area contributed by atoms with Crippen LogP contribution in [-0.2, 0) is 11.2 Å². The highest BCUT2D eigenvalue weighted by molar-refractivity contribution is 5.93. The molecule has 1 aromatic heterocycles. The number of ketones is 1. The van der Waals surface area contributed by atoms with Crippen molar-refractivity contribution in [2.45, 2.75) is 18.9 Å². The lowest BCUT2D eigenvalue weighted by Gasteiger charge is -2.32. The van der Waals surface area contributed by atoms with Gasteiger partial charge in [0.15, 0.2) is 17.3 Å². The number of fused-ring (bicyclic) bond motifs is 2. The molecular formula is C20H22NO5+. The average Bonchev–Trinajstić information content (AvgIpc) is 3.32. The molecule has 26 heavy (non-hydrogen) atoms. The van der Waals surface area contributed by atoms with E-state index in [4.69, 9.17) is 18.6 Å². The number of methoxy groups -OCH3 is 1. The maximum absolute atomic E-state index is 12.6. The second-order valence-electron chi connectivity index (χ2n) is 6.63. The third-order valence-electron chi connectivity index (χ3n) is 5.06. The number of benzene rings is 1. The number of quaternary nitrogens is 1. The van der Waals surface area contributed by atoms with Gasteiger partial charge in [-0.25, -0.2) is 0 Å². The predicted octanol–water partition coefficient (Wildman–Crippen LogP) is 1.80. The summed E-state index contributed by atoms with van der Waals surface area (Å²) in [6.45, 7) is 1.16. The normalized spacial score (nSPS) is 21.0. The van der Waals surface area contributed by atoms with Crippen molar-refractivity contribution in [1.29, 1.82) is 0 Å². The Morgan fingerprint density at radius 3 is 3.08 bits per heavy atom. The zero-order valence-electron chi connectivity index (χ0n) is 14.9. The number of ether oxygens (including phenoxy) is 3. The van der Waals surface area contributed by atoms with Crippen LogP contribution in [0, 0.1) is 0 Å². The summed E-state index contributed by atoms with van der Waals surface area (Å²) in [5.74, 6) is 2.79. The second kappa shape index (κ2) is 6.88. The van der Waals surface area contributed by atoms with Crippen molar-refractivity contribution in [3.63, 3.8) is 0 Å². The van der Waals surface area contributed by atoms with E-state index in [1.54, 1.807) is 31.6 Å². The molecule has 4 rings (SSSR count). The molecular weight excluding hydrogens is 334 g/mol. The molecule has 0 fully saturated rings. The van der Waals surface area contributed by atoms with Crippen LogP contribution in [-0.4, -0.2) is 33.3 Å². The quantitative estimate of drug-likeness (QED) is 0.828. The Morgan fingerprint density at radius 2 is 2.31 bits per heavy atom. The van der Waals surface area contributed by atoms with Gasteiger partial charge in [-0.15, -0.1) is 0 Å². The maximum Gasteiger partial charge on any atom is 0.231 e. The molecule has 0 amide bonds. The van der Waals surface area contributed by atoms with Crippen LogP contribution >= 0.6 is 0 Å². The van der Waals surface area contributed by atoms with E-state index in [1.165, 1.54) is 10.5 Å². The molecule has 1 N–H and O–H groups in total. The molecule has 0 radical (unpaired) electrons. The summed E-state index contributed by atoms with van der Waals surface area (Å²) in [7, 11) is 3.75. The molecule has 0 bridgehead atoms. The first-order valence-electron chi connectivity index (χ1n) is 8.73. The van der Waals surface area contributed by atoms with Crippen LogP contribution in [0.1, 0.15) is 29.3 Å². The van der Waals surface area contributed by atoms with Crippen LogP contribution in [0.4, 0.5) is 0 Å². The number of furan rings is 1. The summed E-state index contributed by atoms with van der Waals surface area (Å²) < 4.78 is 22.1. The largest absolute Gasteiger partial charge is 0.492 e. The average molecular weight is 356 g/mol. The number of nitrogens with one attached hydrogen (secondary N) is 1. The molecule has 136 valence electrons. The van der Waals surface area contributed by atoms with Crippen LogP contribution in [0.2, 0.25) is 0 Å². The number of likely N-dealkylation sites (N-methyl/N-ethyl adjacent to an activating group) is 1. The zero-order valence-corrected chi connectivity index (χ0v) is 14.9. The molecule has 0 spiro atoms. The third-order valence-corrected chi connectivity index (χ3v) is 5.06. The molecule has 6 heteroatoms. The summed E-state index contributed by atoms with van der Waals surface area (Å²) in [6.07, 6.45) is 6.19. The lowest BCUT2D eigenvalue weighted by atomic mass is 9.88. The molecule has 2 atom stereocenters. The Bertz CT molecular complexity index is 840. The minimum atomic E-state index is 0.0111. The maximum atomic E-state index is 12.6. The lowest BCUT2D eigenvalue weighted by molar-refractivity contribution is -0.914. The van der Waals surface area contributed by atoms with Crippen LogP contribution in [0.5, 0.6) is 17.2 Å². The van der Waals surface area contributed by atoms with Gasteiger partial charge < -0.3 is 23.5 Å². The highest BCUT2D eigenvalue weighted by Crippen LogP contribution is 2.47. The SMILES string of the molecule is COc1c2c(cc3c1[C@H](CC(=O)/C=C/c1ccco1)[NH+](C)CC3)OCO2. The monoisotopic (exact) mass is 356 g/mol. The van der Waals surface area contributed by atoms with Crippen molar-refractivity contribution in [2.75, 3.05) is 27.5 Å². The summed E-state index contributed by atoms with van der Waals surface area (Å²) >= 11 is 0. The number of carbonyl (C=O) groups is 1. The van der Waals surface area contributed by atoms with Crippen LogP contribution in [0.15, 0.2) is 35.0 Å². The van der Waals surface area contributed by atoms with Gasteiger partial charge in [-0.3, -0.25) is 4.79 Å². The summed E-state index contributed by atoms with van der Waals surface area (Å²) in [5, 5.41) is 0. The Hall–Kier alpha value is -2.73. The van der Waals surface area contributed by atoms with Gasteiger partial charge in [0.25, 0.3) is 0 Å². The van der Waals surface area contributed by atoms with Crippen molar-refractivity contribution in [1.82, 2.24) is 0 Å². The van der Waals surface area contributed by atoms with Crippen LogP contribution in [0.25, 0.3) is 6.08 Å². The van der Waals surface area contributed by atoms with E-state index < -0.39 is 0 Å². The fraction of sp³-hybridized carbons (Fsp3) is 0.350.